The number of rotatable bonds is 7. The molecule has 1 aromatic carbocycles. The van der Waals surface area contributed by atoms with Crippen molar-refractivity contribution >= 4 is 16.9 Å². The van der Waals surface area contributed by atoms with Gasteiger partial charge in [-0.15, -0.1) is 0 Å². The first-order valence-electron chi connectivity index (χ1n) is 10.6. The number of nitrogens with zero attached hydrogens (tertiary/aromatic N) is 3. The molecule has 1 fully saturated rings. The van der Waals surface area contributed by atoms with E-state index in [0.29, 0.717) is 47.6 Å². The molecule has 1 aliphatic carbocycles. The Labute approximate surface area is 179 Å². The van der Waals surface area contributed by atoms with E-state index >= 15 is 0 Å². The smallest absolute Gasteiger partial charge is 0.277 e. The van der Waals surface area contributed by atoms with Gasteiger partial charge in [-0.2, -0.15) is 5.10 Å². The van der Waals surface area contributed by atoms with E-state index in [-0.39, 0.29) is 23.3 Å². The maximum absolute atomic E-state index is 12.9. The van der Waals surface area contributed by atoms with Crippen molar-refractivity contribution in [3.63, 3.8) is 0 Å². The van der Waals surface area contributed by atoms with E-state index < -0.39 is 0 Å². The van der Waals surface area contributed by atoms with Gasteiger partial charge < -0.3 is 9.72 Å². The highest BCUT2D eigenvalue weighted by Crippen LogP contribution is 2.43. The molecule has 1 aliphatic rings. The number of H-pyrrole nitrogens is 1. The highest BCUT2D eigenvalue weighted by atomic mass is 16.5. The molecule has 0 atom stereocenters. The molecule has 31 heavy (non-hydrogen) atoms. The summed E-state index contributed by atoms with van der Waals surface area (Å²) in [5.41, 5.74) is 5.11. The second kappa shape index (κ2) is 8.50. The molecule has 0 unspecified atom stereocenters. The minimum atomic E-state index is -0.348. The molecular formula is C22H27N5O4. The maximum atomic E-state index is 12.9. The Morgan fingerprint density at radius 3 is 2.81 bits per heavy atom. The van der Waals surface area contributed by atoms with Gasteiger partial charge in [-0.25, -0.2) is 10.5 Å². The highest BCUT2D eigenvalue weighted by molar-refractivity contribution is 5.80. The molecule has 4 rings (SSSR count). The minimum Gasteiger partial charge on any atom is -0.493 e. The Morgan fingerprint density at radius 1 is 1.35 bits per heavy atom. The third-order valence-corrected chi connectivity index (χ3v) is 5.90. The predicted molar refractivity (Wildman–Crippen MR) is 115 cm³/mol. The van der Waals surface area contributed by atoms with Crippen LogP contribution < -0.4 is 15.8 Å². The lowest BCUT2D eigenvalue weighted by molar-refractivity contribution is -0.136. The number of benzene rings is 1. The van der Waals surface area contributed by atoms with Gasteiger partial charge in [0.2, 0.25) is 5.91 Å². The van der Waals surface area contributed by atoms with Crippen LogP contribution in [0.1, 0.15) is 50.3 Å². The number of ether oxygens (including phenoxy) is 1. The topological polar surface area (TPSA) is 122 Å². The number of aromatic nitrogens is 4. The van der Waals surface area contributed by atoms with Gasteiger partial charge in [-0.1, -0.05) is 19.4 Å². The fraction of sp³-hybridized carbons (Fsp3) is 0.455. The van der Waals surface area contributed by atoms with E-state index in [2.05, 4.69) is 17.0 Å². The molecule has 2 aromatic heterocycles. The van der Waals surface area contributed by atoms with Crippen LogP contribution >= 0.6 is 0 Å². The Bertz CT molecular complexity index is 1180. The van der Waals surface area contributed by atoms with E-state index in [1.165, 1.54) is 0 Å². The average Bonchev–Trinajstić information content (AvgIpc) is 3.04. The van der Waals surface area contributed by atoms with Gasteiger partial charge in [0.25, 0.3) is 5.56 Å². The lowest BCUT2D eigenvalue weighted by Gasteiger charge is -2.34. The van der Waals surface area contributed by atoms with Crippen molar-refractivity contribution in [3.8, 4) is 17.1 Å². The molecule has 0 aliphatic heterocycles. The Kier molecular flexibility index (Phi) is 5.77. The van der Waals surface area contributed by atoms with Crippen LogP contribution in [-0.4, -0.2) is 37.5 Å². The van der Waals surface area contributed by atoms with Gasteiger partial charge in [0.1, 0.15) is 17.1 Å². The number of hydrogen-bond donors (Lipinski definition) is 3. The minimum absolute atomic E-state index is 0.189. The molecule has 1 saturated carbocycles. The van der Waals surface area contributed by atoms with E-state index in [1.54, 1.807) is 17.2 Å². The number of carbonyl (C=O) groups is 1. The fourth-order valence-corrected chi connectivity index (χ4v) is 4.24. The summed E-state index contributed by atoms with van der Waals surface area (Å²) in [6, 6.07) is 5.84. The van der Waals surface area contributed by atoms with Crippen LogP contribution in [-0.2, 0) is 18.3 Å². The lowest BCUT2D eigenvalue weighted by atomic mass is 9.71. The zero-order valence-electron chi connectivity index (χ0n) is 17.9. The van der Waals surface area contributed by atoms with Crippen molar-refractivity contribution in [1.82, 2.24) is 25.2 Å². The first kappa shape index (κ1) is 21.0. The molecule has 0 spiro atoms. The fourth-order valence-electron chi connectivity index (χ4n) is 4.24. The van der Waals surface area contributed by atoms with Gasteiger partial charge in [0.05, 0.1) is 17.9 Å². The number of aromatic amines is 1. The summed E-state index contributed by atoms with van der Waals surface area (Å²) in [6.45, 7) is 4.45. The second-order valence-electron chi connectivity index (χ2n) is 7.96. The summed E-state index contributed by atoms with van der Waals surface area (Å²) >= 11 is 0. The standard InChI is InChI=1S/C22H27N5O4/c1-4-6-16-18-19(27(3)25-16)22(29)24-20(23-18)15-11-12(7-8-17(15)31-5-2)13-9-14(10-13)21(28)26-30/h7-8,11,13-14,30H,4-6,9-10H2,1-3H3,(H,26,28)(H,23,24,29)/t13-,14-. The lowest BCUT2D eigenvalue weighted by Crippen LogP contribution is -2.36. The summed E-state index contributed by atoms with van der Waals surface area (Å²) in [4.78, 5) is 32.1. The van der Waals surface area contributed by atoms with Crippen molar-refractivity contribution in [2.45, 2.75) is 45.4 Å². The van der Waals surface area contributed by atoms with Gasteiger partial charge >= 0.3 is 0 Å². The van der Waals surface area contributed by atoms with Crippen molar-refractivity contribution < 1.29 is 14.7 Å². The van der Waals surface area contributed by atoms with Crippen LogP contribution in [0.3, 0.4) is 0 Å². The number of hydroxylamine groups is 1. The van der Waals surface area contributed by atoms with Crippen molar-refractivity contribution in [1.29, 1.82) is 0 Å². The summed E-state index contributed by atoms with van der Waals surface area (Å²) in [5, 5.41) is 13.3. The third kappa shape index (κ3) is 3.81. The van der Waals surface area contributed by atoms with E-state index in [0.717, 1.165) is 24.1 Å². The molecule has 164 valence electrons. The van der Waals surface area contributed by atoms with Crippen molar-refractivity contribution in [2.75, 3.05) is 6.61 Å². The van der Waals surface area contributed by atoms with Gasteiger partial charge in [0, 0.05) is 13.0 Å². The van der Waals surface area contributed by atoms with Gasteiger partial charge in [0.15, 0.2) is 5.52 Å². The van der Waals surface area contributed by atoms with Crippen LogP contribution in [0.2, 0.25) is 0 Å². The van der Waals surface area contributed by atoms with Gasteiger partial charge in [-0.05, 0) is 49.8 Å². The Morgan fingerprint density at radius 2 is 2.13 bits per heavy atom. The summed E-state index contributed by atoms with van der Waals surface area (Å²) < 4.78 is 7.39. The average molecular weight is 425 g/mol. The zero-order chi connectivity index (χ0) is 22.1. The van der Waals surface area contributed by atoms with Gasteiger partial charge in [-0.3, -0.25) is 19.5 Å². The number of aryl methyl sites for hydroxylation is 2. The third-order valence-electron chi connectivity index (χ3n) is 5.90. The summed E-state index contributed by atoms with van der Waals surface area (Å²) in [5.74, 6) is 0.738. The number of fused-ring (bicyclic) bond motifs is 1. The quantitative estimate of drug-likeness (QED) is 0.395. The van der Waals surface area contributed by atoms with Crippen LogP contribution in [0.25, 0.3) is 22.4 Å². The van der Waals surface area contributed by atoms with E-state index in [1.807, 2.05) is 25.1 Å². The molecule has 0 saturated heterocycles. The van der Waals surface area contributed by atoms with Crippen molar-refractivity contribution in [2.24, 2.45) is 13.0 Å². The van der Waals surface area contributed by atoms with Crippen LogP contribution in [0, 0.1) is 5.92 Å². The molecule has 3 N–H and O–H groups in total. The molecule has 3 aromatic rings. The number of nitrogens with one attached hydrogen (secondary N) is 2. The largest absolute Gasteiger partial charge is 0.493 e. The first-order chi connectivity index (χ1) is 15.0. The van der Waals surface area contributed by atoms with E-state index in [9.17, 15) is 9.59 Å². The Balaban J connectivity index is 1.77. The molecule has 1 amide bonds. The van der Waals surface area contributed by atoms with E-state index in [4.69, 9.17) is 14.9 Å². The summed E-state index contributed by atoms with van der Waals surface area (Å²) in [6.07, 6.45) is 2.96. The molecular weight excluding hydrogens is 398 g/mol. The van der Waals surface area contributed by atoms with Crippen LogP contribution in [0.4, 0.5) is 0 Å². The Hall–Kier alpha value is -3.20. The maximum Gasteiger partial charge on any atom is 0.277 e. The number of hydrogen-bond acceptors (Lipinski definition) is 6. The summed E-state index contributed by atoms with van der Waals surface area (Å²) in [7, 11) is 1.75. The normalized spacial score (nSPS) is 18.1. The molecule has 0 bridgehead atoms. The van der Waals surface area contributed by atoms with Crippen molar-refractivity contribution in [3.05, 3.63) is 39.8 Å². The second-order valence-corrected chi connectivity index (χ2v) is 7.96. The van der Waals surface area contributed by atoms with Crippen LogP contribution in [0.5, 0.6) is 5.75 Å². The molecule has 2 heterocycles. The molecule has 9 heteroatoms. The number of carbonyl (C=O) groups excluding carboxylic acids is 1. The van der Waals surface area contributed by atoms with Crippen LogP contribution in [0.15, 0.2) is 23.0 Å². The molecule has 9 nitrogen and oxygen atoms in total. The highest BCUT2D eigenvalue weighted by Gasteiger charge is 2.35. The number of amides is 1. The SMILES string of the molecule is CCCc1nn(C)c2c(=O)[nH]c(-c3cc([C@H]4C[C@H](C(=O)NO)C4)ccc3OCC)nc12. The zero-order valence-corrected chi connectivity index (χ0v) is 17.9. The monoisotopic (exact) mass is 425 g/mol. The molecule has 0 radical (unpaired) electrons. The predicted octanol–water partition coefficient (Wildman–Crippen LogP) is 2.67. The first-order valence-corrected chi connectivity index (χ1v) is 10.6.